The highest BCUT2D eigenvalue weighted by Crippen LogP contribution is 2.29. The van der Waals surface area contributed by atoms with Crippen LogP contribution in [-0.2, 0) is 4.79 Å². The molecule has 0 unspecified atom stereocenters. The highest BCUT2D eigenvalue weighted by Gasteiger charge is 2.17. The van der Waals surface area contributed by atoms with E-state index in [0.717, 1.165) is 11.3 Å². The van der Waals surface area contributed by atoms with Gasteiger partial charge in [-0.25, -0.2) is 0 Å². The minimum absolute atomic E-state index is 0.108. The van der Waals surface area contributed by atoms with Crippen LogP contribution in [0.3, 0.4) is 0 Å². The van der Waals surface area contributed by atoms with Gasteiger partial charge >= 0.3 is 0 Å². The van der Waals surface area contributed by atoms with Crippen molar-refractivity contribution in [1.82, 2.24) is 0 Å². The average molecular weight is 380 g/mol. The predicted molar refractivity (Wildman–Crippen MR) is 106 cm³/mol. The maximum absolute atomic E-state index is 12.6. The molecular formula is C20H20N4O4. The van der Waals surface area contributed by atoms with Crippen LogP contribution in [0.1, 0.15) is 12.5 Å². The van der Waals surface area contributed by atoms with Crippen molar-refractivity contribution in [2.24, 2.45) is 0 Å². The summed E-state index contributed by atoms with van der Waals surface area (Å²) in [7, 11) is 1.34. The first-order valence-corrected chi connectivity index (χ1v) is 8.48. The second kappa shape index (κ2) is 9.19. The molecule has 0 aliphatic carbocycles. The fourth-order valence-electron chi connectivity index (χ4n) is 2.54. The molecule has 0 aliphatic heterocycles. The first kappa shape index (κ1) is 20.5. The summed E-state index contributed by atoms with van der Waals surface area (Å²) < 4.78 is 5.10. The Kier molecular flexibility index (Phi) is 6.71. The van der Waals surface area contributed by atoms with Gasteiger partial charge < -0.3 is 15.0 Å². The number of nitrogens with zero attached hydrogens (tertiary/aromatic N) is 3. The smallest absolute Gasteiger partial charge is 0.273 e. The van der Waals surface area contributed by atoms with Crippen LogP contribution >= 0.6 is 0 Å². The summed E-state index contributed by atoms with van der Waals surface area (Å²) in [5.74, 6) is -0.508. The molecule has 0 saturated carbocycles. The molecule has 2 rings (SSSR count). The molecule has 1 amide bonds. The normalized spacial score (nSPS) is 10.7. The van der Waals surface area contributed by atoms with Gasteiger partial charge in [0.25, 0.3) is 11.6 Å². The second-order valence-corrected chi connectivity index (χ2v) is 5.88. The van der Waals surface area contributed by atoms with Crippen LogP contribution in [0.2, 0.25) is 0 Å². The predicted octanol–water partition coefficient (Wildman–Crippen LogP) is 3.78. The van der Waals surface area contributed by atoms with E-state index in [1.165, 1.54) is 31.5 Å². The number of hydrogen-bond donors (Lipinski definition) is 1. The number of carbonyl (C=O) groups is 1. The molecule has 2 aromatic rings. The minimum Gasteiger partial charge on any atom is -0.494 e. The number of amides is 1. The Morgan fingerprint density at radius 2 is 2.11 bits per heavy atom. The number of ether oxygens (including phenoxy) is 1. The van der Waals surface area contributed by atoms with E-state index in [1.54, 1.807) is 4.90 Å². The van der Waals surface area contributed by atoms with Crippen LogP contribution in [0, 0.1) is 28.4 Å². The molecule has 0 bridgehead atoms. The second-order valence-electron chi connectivity index (χ2n) is 5.88. The summed E-state index contributed by atoms with van der Waals surface area (Å²) in [6.45, 7) is 4.42. The van der Waals surface area contributed by atoms with E-state index in [0.29, 0.717) is 6.54 Å². The molecule has 8 nitrogen and oxygen atoms in total. The first-order valence-electron chi connectivity index (χ1n) is 8.48. The molecule has 0 aliphatic rings. The number of nitro groups is 1. The van der Waals surface area contributed by atoms with Crippen LogP contribution in [0.15, 0.2) is 54.2 Å². The van der Waals surface area contributed by atoms with E-state index in [1.807, 2.05) is 44.2 Å². The Hall–Kier alpha value is -3.86. The van der Waals surface area contributed by atoms with Crippen molar-refractivity contribution in [3.05, 3.63) is 69.9 Å². The van der Waals surface area contributed by atoms with E-state index < -0.39 is 10.8 Å². The molecule has 0 aromatic heterocycles. The van der Waals surface area contributed by atoms with Crippen molar-refractivity contribution in [2.45, 2.75) is 13.8 Å². The van der Waals surface area contributed by atoms with E-state index in [-0.39, 0.29) is 22.7 Å². The van der Waals surface area contributed by atoms with Gasteiger partial charge in [0, 0.05) is 24.5 Å². The summed E-state index contributed by atoms with van der Waals surface area (Å²) in [5, 5.41) is 22.9. The zero-order chi connectivity index (χ0) is 20.7. The zero-order valence-corrected chi connectivity index (χ0v) is 15.8. The monoisotopic (exact) mass is 380 g/mol. The molecule has 2 aromatic carbocycles. The highest BCUT2D eigenvalue weighted by molar-refractivity contribution is 6.07. The summed E-state index contributed by atoms with van der Waals surface area (Å²) in [5.41, 5.74) is 1.88. The number of non-ortho nitro benzene ring substituents is 1. The van der Waals surface area contributed by atoms with Gasteiger partial charge in [0.15, 0.2) is 0 Å². The van der Waals surface area contributed by atoms with Gasteiger partial charge in [-0.2, -0.15) is 5.26 Å². The Balaban J connectivity index is 2.29. The zero-order valence-electron chi connectivity index (χ0n) is 15.8. The first-order chi connectivity index (χ1) is 13.4. The van der Waals surface area contributed by atoms with Crippen molar-refractivity contribution in [1.29, 1.82) is 5.26 Å². The van der Waals surface area contributed by atoms with Crippen molar-refractivity contribution in [3.63, 3.8) is 0 Å². The van der Waals surface area contributed by atoms with Gasteiger partial charge in [0.1, 0.15) is 17.4 Å². The van der Waals surface area contributed by atoms with E-state index in [9.17, 15) is 20.2 Å². The molecule has 0 heterocycles. The third-order valence-corrected chi connectivity index (χ3v) is 3.97. The van der Waals surface area contributed by atoms with Crippen molar-refractivity contribution in [3.8, 4) is 11.8 Å². The van der Waals surface area contributed by atoms with Crippen LogP contribution in [0.5, 0.6) is 5.75 Å². The molecular weight excluding hydrogens is 360 g/mol. The number of aryl methyl sites for hydroxylation is 1. The van der Waals surface area contributed by atoms with Crippen LogP contribution < -0.4 is 15.0 Å². The van der Waals surface area contributed by atoms with Gasteiger partial charge in [0.05, 0.1) is 23.8 Å². The highest BCUT2D eigenvalue weighted by atomic mass is 16.6. The Labute approximate surface area is 162 Å². The number of anilines is 2. The number of nitro benzene ring substituents is 1. The van der Waals surface area contributed by atoms with Crippen LogP contribution in [0.25, 0.3) is 0 Å². The summed E-state index contributed by atoms with van der Waals surface area (Å²) in [6.07, 6.45) is 1.47. The lowest BCUT2D eigenvalue weighted by atomic mass is 10.2. The molecule has 8 heteroatoms. The maximum Gasteiger partial charge on any atom is 0.273 e. The third kappa shape index (κ3) is 4.86. The number of carbonyl (C=O) groups excluding carboxylic acids is 1. The SMILES string of the molecule is CCN(/C=C(/C#N)C(=O)Nc1ccc([N+](=O)[O-])cc1OC)c1cccc(C)c1. The van der Waals surface area contributed by atoms with Crippen LogP contribution in [-0.4, -0.2) is 24.5 Å². The lowest BCUT2D eigenvalue weighted by molar-refractivity contribution is -0.384. The maximum atomic E-state index is 12.6. The number of methoxy groups -OCH3 is 1. The van der Waals surface area contributed by atoms with Gasteiger partial charge in [-0.1, -0.05) is 12.1 Å². The molecule has 0 fully saturated rings. The van der Waals surface area contributed by atoms with Gasteiger partial charge in [-0.05, 0) is 37.6 Å². The van der Waals surface area contributed by atoms with Gasteiger partial charge in [-0.15, -0.1) is 0 Å². The largest absolute Gasteiger partial charge is 0.494 e. The number of nitriles is 1. The van der Waals surface area contributed by atoms with Crippen molar-refractivity contribution >= 4 is 23.0 Å². The van der Waals surface area contributed by atoms with Gasteiger partial charge in [-0.3, -0.25) is 14.9 Å². The third-order valence-electron chi connectivity index (χ3n) is 3.97. The Morgan fingerprint density at radius 1 is 1.36 bits per heavy atom. The quantitative estimate of drug-likeness (QED) is 0.339. The summed E-state index contributed by atoms with van der Waals surface area (Å²) >= 11 is 0. The fraction of sp³-hybridized carbons (Fsp3) is 0.200. The van der Waals surface area contributed by atoms with Gasteiger partial charge in [0.2, 0.25) is 0 Å². The fourth-order valence-corrected chi connectivity index (χ4v) is 2.54. The number of nitrogens with one attached hydrogen (secondary N) is 1. The van der Waals surface area contributed by atoms with E-state index >= 15 is 0 Å². The van der Waals surface area contributed by atoms with E-state index in [2.05, 4.69) is 5.32 Å². The molecule has 0 atom stereocenters. The molecule has 144 valence electrons. The van der Waals surface area contributed by atoms with Crippen molar-refractivity contribution in [2.75, 3.05) is 23.9 Å². The molecule has 0 saturated heterocycles. The number of rotatable bonds is 7. The minimum atomic E-state index is -0.638. The standard InChI is InChI=1S/C20H20N4O4/c1-4-23(16-7-5-6-14(2)10-16)13-15(12-21)20(25)22-18-9-8-17(24(26)27)11-19(18)28-3/h5-11,13H,4H2,1-3H3,(H,22,25)/b15-13-. The van der Waals surface area contributed by atoms with Crippen molar-refractivity contribution < 1.29 is 14.5 Å². The molecule has 28 heavy (non-hydrogen) atoms. The van der Waals surface area contributed by atoms with Crippen LogP contribution in [0.4, 0.5) is 17.1 Å². The topological polar surface area (TPSA) is 109 Å². The van der Waals surface area contributed by atoms with E-state index in [4.69, 9.17) is 4.74 Å². The molecule has 0 spiro atoms. The lowest BCUT2D eigenvalue weighted by Gasteiger charge is -2.19. The number of benzene rings is 2. The average Bonchev–Trinajstić information content (AvgIpc) is 2.68. The Bertz CT molecular complexity index is 963. The molecule has 0 radical (unpaired) electrons. The number of hydrogen-bond acceptors (Lipinski definition) is 6. The summed E-state index contributed by atoms with van der Waals surface area (Å²) in [4.78, 5) is 24.7. The Morgan fingerprint density at radius 3 is 2.68 bits per heavy atom. The summed E-state index contributed by atoms with van der Waals surface area (Å²) in [6, 6.07) is 13.4. The molecule has 1 N–H and O–H groups in total. The lowest BCUT2D eigenvalue weighted by Crippen LogP contribution is -2.21.